The SMILES string of the molecule is COc1cc(N)ccc1C(=O)N(CC(F)(F)F)C(C)C. The Morgan fingerprint density at radius 2 is 2.00 bits per heavy atom. The summed E-state index contributed by atoms with van der Waals surface area (Å²) in [5, 5.41) is 0. The third-order valence-corrected chi connectivity index (χ3v) is 2.69. The van der Waals surface area contributed by atoms with Crippen molar-refractivity contribution >= 4 is 11.6 Å². The minimum absolute atomic E-state index is 0.0552. The van der Waals surface area contributed by atoms with Gasteiger partial charge in [0.1, 0.15) is 12.3 Å². The van der Waals surface area contributed by atoms with Gasteiger partial charge in [0.25, 0.3) is 5.91 Å². The lowest BCUT2D eigenvalue weighted by molar-refractivity contribution is -0.143. The molecule has 20 heavy (non-hydrogen) atoms. The van der Waals surface area contributed by atoms with Crippen LogP contribution >= 0.6 is 0 Å². The molecule has 0 aliphatic heterocycles. The highest BCUT2D eigenvalue weighted by molar-refractivity contribution is 5.97. The molecule has 1 aromatic rings. The first-order valence-electron chi connectivity index (χ1n) is 5.97. The fraction of sp³-hybridized carbons (Fsp3) is 0.462. The number of hydrogen-bond donors (Lipinski definition) is 1. The third-order valence-electron chi connectivity index (χ3n) is 2.69. The summed E-state index contributed by atoms with van der Waals surface area (Å²) in [5.74, 6) is -0.586. The third kappa shape index (κ3) is 4.04. The van der Waals surface area contributed by atoms with Gasteiger partial charge in [-0.2, -0.15) is 13.2 Å². The van der Waals surface area contributed by atoms with Gasteiger partial charge in [-0.3, -0.25) is 4.79 Å². The molecule has 1 rings (SSSR count). The molecule has 0 radical (unpaired) electrons. The van der Waals surface area contributed by atoms with E-state index in [1.54, 1.807) is 0 Å². The van der Waals surface area contributed by atoms with Crippen molar-refractivity contribution in [1.82, 2.24) is 4.90 Å². The molecule has 0 aliphatic rings. The van der Waals surface area contributed by atoms with Crippen molar-refractivity contribution < 1.29 is 22.7 Å². The molecule has 0 saturated carbocycles. The lowest BCUT2D eigenvalue weighted by atomic mass is 10.1. The lowest BCUT2D eigenvalue weighted by Crippen LogP contribution is -2.43. The molecule has 0 saturated heterocycles. The summed E-state index contributed by atoms with van der Waals surface area (Å²) in [5.41, 5.74) is 5.98. The predicted molar refractivity (Wildman–Crippen MR) is 69.6 cm³/mol. The van der Waals surface area contributed by atoms with Gasteiger partial charge < -0.3 is 15.4 Å². The van der Waals surface area contributed by atoms with E-state index in [1.807, 2.05) is 0 Å². The van der Waals surface area contributed by atoms with Crippen LogP contribution < -0.4 is 10.5 Å². The van der Waals surface area contributed by atoms with Crippen LogP contribution in [-0.4, -0.2) is 36.7 Å². The number of nitrogen functional groups attached to an aromatic ring is 1. The number of ether oxygens (including phenoxy) is 1. The molecule has 1 amide bonds. The number of anilines is 1. The Bertz CT molecular complexity index is 487. The maximum absolute atomic E-state index is 12.5. The largest absolute Gasteiger partial charge is 0.496 e. The number of amides is 1. The van der Waals surface area contributed by atoms with Gasteiger partial charge in [0, 0.05) is 17.8 Å². The van der Waals surface area contributed by atoms with Crippen molar-refractivity contribution in [2.75, 3.05) is 19.4 Å². The summed E-state index contributed by atoms with van der Waals surface area (Å²) in [6.07, 6.45) is -4.46. The highest BCUT2D eigenvalue weighted by atomic mass is 19.4. The molecule has 0 heterocycles. The van der Waals surface area contributed by atoms with E-state index in [2.05, 4.69) is 0 Å². The molecule has 0 bridgehead atoms. The summed E-state index contributed by atoms with van der Waals surface area (Å²) in [4.78, 5) is 13.0. The summed E-state index contributed by atoms with van der Waals surface area (Å²) >= 11 is 0. The number of methoxy groups -OCH3 is 1. The van der Waals surface area contributed by atoms with Gasteiger partial charge in [-0.25, -0.2) is 0 Å². The van der Waals surface area contributed by atoms with Crippen molar-refractivity contribution in [3.8, 4) is 5.75 Å². The number of carbonyl (C=O) groups is 1. The van der Waals surface area contributed by atoms with Crippen LogP contribution in [0.1, 0.15) is 24.2 Å². The molecule has 1 aromatic carbocycles. The summed E-state index contributed by atoms with van der Waals surface area (Å²) in [6.45, 7) is 1.73. The van der Waals surface area contributed by atoms with E-state index in [0.29, 0.717) is 5.69 Å². The minimum atomic E-state index is -4.46. The zero-order valence-corrected chi connectivity index (χ0v) is 11.5. The number of nitrogens with two attached hydrogens (primary N) is 1. The van der Waals surface area contributed by atoms with Crippen LogP contribution in [0.3, 0.4) is 0 Å². The normalized spacial score (nSPS) is 11.6. The number of halogens is 3. The molecule has 2 N–H and O–H groups in total. The first-order valence-corrected chi connectivity index (χ1v) is 5.97. The molecule has 4 nitrogen and oxygen atoms in total. The van der Waals surface area contributed by atoms with Gasteiger partial charge in [-0.1, -0.05) is 0 Å². The molecular formula is C13H17F3N2O2. The molecule has 0 atom stereocenters. The van der Waals surface area contributed by atoms with Crippen LogP contribution in [0.15, 0.2) is 18.2 Å². The van der Waals surface area contributed by atoms with E-state index < -0.39 is 24.7 Å². The fourth-order valence-corrected chi connectivity index (χ4v) is 1.72. The molecule has 112 valence electrons. The van der Waals surface area contributed by atoms with Crippen LogP contribution in [-0.2, 0) is 0 Å². The summed E-state index contributed by atoms with van der Waals surface area (Å²) in [6, 6.07) is 3.62. The second-order valence-corrected chi connectivity index (χ2v) is 4.60. The van der Waals surface area contributed by atoms with Gasteiger partial charge in [0.2, 0.25) is 0 Å². The van der Waals surface area contributed by atoms with Crippen LogP contribution in [0.4, 0.5) is 18.9 Å². The number of carbonyl (C=O) groups excluding carboxylic acids is 1. The van der Waals surface area contributed by atoms with Crippen molar-refractivity contribution in [3.05, 3.63) is 23.8 Å². The van der Waals surface area contributed by atoms with Crippen molar-refractivity contribution in [2.45, 2.75) is 26.1 Å². The monoisotopic (exact) mass is 290 g/mol. The first kappa shape index (κ1) is 16.1. The van der Waals surface area contributed by atoms with Crippen LogP contribution in [0.2, 0.25) is 0 Å². The average molecular weight is 290 g/mol. The second kappa shape index (κ2) is 6.02. The van der Waals surface area contributed by atoms with E-state index in [1.165, 1.54) is 39.2 Å². The van der Waals surface area contributed by atoms with Crippen LogP contribution in [0.5, 0.6) is 5.75 Å². The maximum atomic E-state index is 12.5. The molecule has 0 aromatic heterocycles. The molecule has 0 fully saturated rings. The number of rotatable bonds is 4. The number of nitrogens with zero attached hydrogens (tertiary/aromatic N) is 1. The molecule has 0 unspecified atom stereocenters. The Morgan fingerprint density at radius 1 is 1.40 bits per heavy atom. The quantitative estimate of drug-likeness (QED) is 0.867. The van der Waals surface area contributed by atoms with E-state index in [4.69, 9.17) is 10.5 Å². The summed E-state index contributed by atoms with van der Waals surface area (Å²) in [7, 11) is 1.33. The van der Waals surface area contributed by atoms with Gasteiger partial charge in [0.15, 0.2) is 0 Å². The molecule has 7 heteroatoms. The highest BCUT2D eigenvalue weighted by Crippen LogP contribution is 2.26. The Hall–Kier alpha value is -1.92. The lowest BCUT2D eigenvalue weighted by Gasteiger charge is -2.28. The van der Waals surface area contributed by atoms with Gasteiger partial charge in [-0.05, 0) is 26.0 Å². The van der Waals surface area contributed by atoms with Gasteiger partial charge in [0.05, 0.1) is 12.7 Å². The smallest absolute Gasteiger partial charge is 0.406 e. The molecular weight excluding hydrogens is 273 g/mol. The number of benzene rings is 1. The fourth-order valence-electron chi connectivity index (χ4n) is 1.72. The standard InChI is InChI=1S/C13H17F3N2O2/c1-8(2)18(7-13(14,15)16)12(19)10-5-4-9(17)6-11(10)20-3/h4-6,8H,7,17H2,1-3H3. The Morgan fingerprint density at radius 3 is 2.45 bits per heavy atom. The van der Waals surface area contributed by atoms with E-state index >= 15 is 0 Å². The van der Waals surface area contributed by atoms with Gasteiger partial charge >= 0.3 is 6.18 Å². The summed E-state index contributed by atoms with van der Waals surface area (Å²) < 4.78 is 42.6. The molecule has 0 aliphatic carbocycles. The van der Waals surface area contributed by atoms with Crippen molar-refractivity contribution in [3.63, 3.8) is 0 Å². The first-order chi connectivity index (χ1) is 9.15. The average Bonchev–Trinajstić information content (AvgIpc) is 2.33. The minimum Gasteiger partial charge on any atom is -0.496 e. The van der Waals surface area contributed by atoms with E-state index in [9.17, 15) is 18.0 Å². The predicted octanol–water partition coefficient (Wildman–Crippen LogP) is 2.69. The Labute approximate surface area is 115 Å². The van der Waals surface area contributed by atoms with E-state index in [0.717, 1.165) is 4.90 Å². The zero-order chi connectivity index (χ0) is 15.5. The highest BCUT2D eigenvalue weighted by Gasteiger charge is 2.35. The van der Waals surface area contributed by atoms with Crippen LogP contribution in [0, 0.1) is 0 Å². The number of alkyl halides is 3. The zero-order valence-electron chi connectivity index (χ0n) is 11.5. The number of hydrogen-bond acceptors (Lipinski definition) is 3. The maximum Gasteiger partial charge on any atom is 0.406 e. The van der Waals surface area contributed by atoms with Crippen molar-refractivity contribution in [2.24, 2.45) is 0 Å². The van der Waals surface area contributed by atoms with Crippen LogP contribution in [0.25, 0.3) is 0 Å². The van der Waals surface area contributed by atoms with Crippen molar-refractivity contribution in [1.29, 1.82) is 0 Å². The Kier molecular flexibility index (Phi) is 4.86. The topological polar surface area (TPSA) is 55.6 Å². The Balaban J connectivity index is 3.13. The van der Waals surface area contributed by atoms with E-state index in [-0.39, 0.29) is 11.3 Å². The second-order valence-electron chi connectivity index (χ2n) is 4.60. The van der Waals surface area contributed by atoms with Gasteiger partial charge in [-0.15, -0.1) is 0 Å². The molecule has 0 spiro atoms.